The second kappa shape index (κ2) is 10.7. The van der Waals surface area contributed by atoms with E-state index in [9.17, 15) is 13.2 Å². The monoisotopic (exact) mass is 632 g/mol. The molecule has 11 heteroatoms. The van der Waals surface area contributed by atoms with Gasteiger partial charge in [0.05, 0.1) is 26.3 Å². The average Bonchev–Trinajstić information content (AvgIpc) is 2.90. The number of nitrogens with one attached hydrogen (secondary N) is 1. The molecule has 41 heavy (non-hydrogen) atoms. The van der Waals surface area contributed by atoms with E-state index in [1.165, 1.54) is 4.90 Å². The Morgan fingerprint density at radius 3 is 2.29 bits per heavy atom. The molecule has 6 rings (SSSR count). The first-order chi connectivity index (χ1) is 19.5. The van der Waals surface area contributed by atoms with Gasteiger partial charge >= 0.3 is 6.03 Å². The van der Waals surface area contributed by atoms with Crippen LogP contribution in [-0.2, 0) is 16.6 Å². The van der Waals surface area contributed by atoms with Gasteiger partial charge in [-0.2, -0.15) is 4.31 Å². The second-order valence-corrected chi connectivity index (χ2v) is 14.4. The van der Waals surface area contributed by atoms with Crippen molar-refractivity contribution in [2.24, 2.45) is 5.92 Å². The van der Waals surface area contributed by atoms with Gasteiger partial charge in [0.1, 0.15) is 0 Å². The number of piperidine rings is 1. The quantitative estimate of drug-likeness (QED) is 0.324. The van der Waals surface area contributed by atoms with E-state index in [0.29, 0.717) is 45.9 Å². The number of carbonyl (C=O) groups is 1. The van der Waals surface area contributed by atoms with E-state index in [-0.39, 0.29) is 39.3 Å². The molecule has 216 valence electrons. The van der Waals surface area contributed by atoms with Crippen molar-refractivity contribution in [2.75, 3.05) is 18.0 Å². The first-order valence-electron chi connectivity index (χ1n) is 13.7. The summed E-state index contributed by atoms with van der Waals surface area (Å²) in [7, 11) is -3.96. The number of carbonyl (C=O) groups excluding carboxylic acids is 1. The Balaban J connectivity index is 1.54. The van der Waals surface area contributed by atoms with Gasteiger partial charge in [0.15, 0.2) is 0 Å². The third-order valence-electron chi connectivity index (χ3n) is 8.57. The fourth-order valence-corrected chi connectivity index (χ4v) is 9.00. The fraction of sp³-hybridized carbons (Fsp3) is 0.367. The van der Waals surface area contributed by atoms with Crippen molar-refractivity contribution in [3.63, 3.8) is 0 Å². The predicted molar refractivity (Wildman–Crippen MR) is 165 cm³/mol. The van der Waals surface area contributed by atoms with Crippen LogP contribution in [0.25, 0.3) is 11.1 Å². The summed E-state index contributed by atoms with van der Waals surface area (Å²) in [5, 5.41) is 3.90. The van der Waals surface area contributed by atoms with Crippen molar-refractivity contribution in [3.05, 3.63) is 75.2 Å². The third-order valence-corrected chi connectivity index (χ3v) is 11.5. The standard InChI is InChI=1S/C30H31Cl3N4O3S/c1-17(2)35-15-19-11-18(3)36(16-28(19)35)41(39,40)20-12-22(21-7-4-5-8-24(21)31)23-14-34-30(38)37(27(23)13-20)29-25(32)9-6-10-26(29)33/h4-10,12-13,17-19,28H,11,14-16H2,1-3H3,(H,34,38). The Morgan fingerprint density at radius 2 is 1.61 bits per heavy atom. The summed E-state index contributed by atoms with van der Waals surface area (Å²) < 4.78 is 30.6. The van der Waals surface area contributed by atoms with Gasteiger partial charge in [0.2, 0.25) is 10.0 Å². The molecule has 0 aliphatic carbocycles. The number of rotatable bonds is 5. The number of urea groups is 1. The number of hydrogen-bond donors (Lipinski definition) is 1. The summed E-state index contributed by atoms with van der Waals surface area (Å²) in [5.41, 5.74) is 2.68. The van der Waals surface area contributed by atoms with E-state index in [0.717, 1.165) is 13.0 Å². The molecule has 3 atom stereocenters. The van der Waals surface area contributed by atoms with Gasteiger partial charge in [-0.05, 0) is 69.0 Å². The molecule has 1 N–H and O–H groups in total. The van der Waals surface area contributed by atoms with Crippen molar-refractivity contribution in [2.45, 2.75) is 56.8 Å². The summed E-state index contributed by atoms with van der Waals surface area (Å²) in [5.74, 6) is 0.489. The SMILES string of the molecule is CC(C)N1CC2CC(C)N(S(=O)(=O)c3cc(-c4ccccc4Cl)c4c(c3)N(c3c(Cl)cccc3Cl)C(=O)NC4)CC21. The highest BCUT2D eigenvalue weighted by atomic mass is 35.5. The van der Waals surface area contributed by atoms with Crippen LogP contribution in [0.5, 0.6) is 0 Å². The van der Waals surface area contributed by atoms with Crippen LogP contribution in [0.2, 0.25) is 15.1 Å². The molecule has 2 saturated heterocycles. The summed E-state index contributed by atoms with van der Waals surface area (Å²) >= 11 is 19.8. The molecule has 0 spiro atoms. The summed E-state index contributed by atoms with van der Waals surface area (Å²) in [6.07, 6.45) is 0.805. The van der Waals surface area contributed by atoms with E-state index in [2.05, 4.69) is 24.1 Å². The Hall–Kier alpha value is -2.33. The van der Waals surface area contributed by atoms with Gasteiger partial charge in [-0.15, -0.1) is 0 Å². The fourth-order valence-electron chi connectivity index (χ4n) is 6.49. The number of anilines is 2. The Labute approximate surface area is 256 Å². The minimum Gasteiger partial charge on any atom is -0.333 e. The zero-order valence-electron chi connectivity index (χ0n) is 22.9. The van der Waals surface area contributed by atoms with E-state index in [1.807, 2.05) is 25.1 Å². The lowest BCUT2D eigenvalue weighted by Gasteiger charge is -2.56. The number of likely N-dealkylation sites (tertiary alicyclic amines) is 1. The molecule has 0 radical (unpaired) electrons. The minimum atomic E-state index is -3.96. The molecule has 2 amide bonds. The maximum Gasteiger partial charge on any atom is 0.326 e. The van der Waals surface area contributed by atoms with Gasteiger partial charge in [-0.1, -0.05) is 59.1 Å². The van der Waals surface area contributed by atoms with Gasteiger partial charge in [0.25, 0.3) is 0 Å². The maximum absolute atomic E-state index is 14.5. The van der Waals surface area contributed by atoms with Crippen molar-refractivity contribution < 1.29 is 13.2 Å². The maximum atomic E-state index is 14.5. The highest BCUT2D eigenvalue weighted by molar-refractivity contribution is 7.89. The topological polar surface area (TPSA) is 73.0 Å². The average molecular weight is 634 g/mol. The smallest absolute Gasteiger partial charge is 0.326 e. The molecule has 0 bridgehead atoms. The van der Waals surface area contributed by atoms with Crippen LogP contribution in [0.15, 0.2) is 59.5 Å². The molecule has 0 aromatic heterocycles. The molecule has 3 aromatic carbocycles. The summed E-state index contributed by atoms with van der Waals surface area (Å²) in [6, 6.07) is 15.4. The Kier molecular flexibility index (Phi) is 7.54. The molecular weight excluding hydrogens is 603 g/mol. The zero-order valence-corrected chi connectivity index (χ0v) is 26.0. The van der Waals surface area contributed by atoms with E-state index < -0.39 is 16.1 Å². The second-order valence-electron chi connectivity index (χ2n) is 11.3. The molecule has 0 saturated carbocycles. The first kappa shape index (κ1) is 28.8. The zero-order chi connectivity index (χ0) is 29.2. The van der Waals surface area contributed by atoms with E-state index in [4.69, 9.17) is 34.8 Å². The normalized spacial score (nSPS) is 23.1. The van der Waals surface area contributed by atoms with E-state index in [1.54, 1.807) is 40.7 Å². The number of amides is 2. The van der Waals surface area contributed by atoms with Gasteiger partial charge in [-0.3, -0.25) is 9.80 Å². The largest absolute Gasteiger partial charge is 0.333 e. The van der Waals surface area contributed by atoms with Crippen LogP contribution >= 0.6 is 34.8 Å². The van der Waals surface area contributed by atoms with Crippen LogP contribution in [0.3, 0.4) is 0 Å². The van der Waals surface area contributed by atoms with Gasteiger partial charge < -0.3 is 5.32 Å². The highest BCUT2D eigenvalue weighted by Crippen LogP contribution is 2.46. The summed E-state index contributed by atoms with van der Waals surface area (Å²) in [6.45, 7) is 7.87. The Bertz CT molecular complexity index is 1630. The first-order valence-corrected chi connectivity index (χ1v) is 16.3. The number of benzene rings is 3. The molecular formula is C30H31Cl3N4O3S. The molecule has 3 heterocycles. The Morgan fingerprint density at radius 1 is 0.927 bits per heavy atom. The lowest BCUT2D eigenvalue weighted by molar-refractivity contribution is -0.0586. The third kappa shape index (κ3) is 4.82. The highest BCUT2D eigenvalue weighted by Gasteiger charge is 2.49. The van der Waals surface area contributed by atoms with Crippen molar-refractivity contribution in [1.82, 2.24) is 14.5 Å². The summed E-state index contributed by atoms with van der Waals surface area (Å²) in [4.78, 5) is 17.2. The number of hydrogen-bond acceptors (Lipinski definition) is 4. The molecule has 3 aromatic rings. The predicted octanol–water partition coefficient (Wildman–Crippen LogP) is 7.17. The van der Waals surface area contributed by atoms with Crippen molar-refractivity contribution in [1.29, 1.82) is 0 Å². The van der Waals surface area contributed by atoms with Crippen LogP contribution in [0, 0.1) is 5.92 Å². The van der Waals surface area contributed by atoms with Crippen LogP contribution in [0.1, 0.15) is 32.8 Å². The number of nitrogens with zero attached hydrogens (tertiary/aromatic N) is 3. The van der Waals surface area contributed by atoms with Crippen LogP contribution in [0.4, 0.5) is 16.2 Å². The molecule has 7 nitrogen and oxygen atoms in total. The van der Waals surface area contributed by atoms with E-state index >= 15 is 0 Å². The molecule has 3 aliphatic heterocycles. The van der Waals surface area contributed by atoms with Crippen molar-refractivity contribution in [3.8, 4) is 11.1 Å². The van der Waals surface area contributed by atoms with Gasteiger partial charge in [0, 0.05) is 53.9 Å². The number of fused-ring (bicyclic) bond motifs is 2. The molecule has 3 unspecified atom stereocenters. The lowest BCUT2D eigenvalue weighted by atomic mass is 9.79. The van der Waals surface area contributed by atoms with Gasteiger partial charge in [-0.25, -0.2) is 13.2 Å². The number of halogens is 3. The number of sulfonamides is 1. The van der Waals surface area contributed by atoms with Crippen LogP contribution in [-0.4, -0.2) is 54.9 Å². The number of para-hydroxylation sites is 1. The molecule has 3 aliphatic rings. The van der Waals surface area contributed by atoms with Crippen LogP contribution < -0.4 is 10.2 Å². The molecule has 2 fully saturated rings. The lowest BCUT2D eigenvalue weighted by Crippen LogP contribution is -2.67. The minimum absolute atomic E-state index is 0.0924. The van der Waals surface area contributed by atoms with Crippen molar-refractivity contribution >= 4 is 62.2 Å².